The van der Waals surface area contributed by atoms with Crippen LogP contribution in [-0.4, -0.2) is 140 Å². The second-order valence-corrected chi connectivity index (χ2v) is 23.2. The van der Waals surface area contributed by atoms with Gasteiger partial charge in [0.1, 0.15) is 48.8 Å². The first-order valence-electron chi connectivity index (χ1n) is 32.4. The van der Waals surface area contributed by atoms with Gasteiger partial charge in [0.15, 0.2) is 12.6 Å². The van der Waals surface area contributed by atoms with E-state index in [1.165, 1.54) is 212 Å². The summed E-state index contributed by atoms with van der Waals surface area (Å²) in [6.45, 7) is 2.84. The van der Waals surface area contributed by atoms with Gasteiger partial charge in [0.05, 0.1) is 32.0 Å². The van der Waals surface area contributed by atoms with Crippen molar-refractivity contribution in [1.82, 2.24) is 5.32 Å². The van der Waals surface area contributed by atoms with Crippen molar-refractivity contribution in [2.24, 2.45) is 0 Å². The number of aliphatic hydroxyl groups is 8. The highest BCUT2D eigenvalue weighted by atomic mass is 16.7. The third-order valence-corrected chi connectivity index (χ3v) is 16.2. The Kier molecular flexibility index (Phi) is 46.0. The quantitative estimate of drug-likeness (QED) is 0.0204. The van der Waals surface area contributed by atoms with E-state index in [9.17, 15) is 45.6 Å². The Hall–Kier alpha value is -1.27. The Morgan fingerprint density at radius 1 is 0.455 bits per heavy atom. The fourth-order valence-corrected chi connectivity index (χ4v) is 11.0. The second-order valence-electron chi connectivity index (χ2n) is 23.2. The zero-order valence-electron chi connectivity index (χ0n) is 49.2. The highest BCUT2D eigenvalue weighted by Crippen LogP contribution is 2.30. The van der Waals surface area contributed by atoms with E-state index in [4.69, 9.17) is 18.9 Å². The average molecular weight is 1100 g/mol. The Morgan fingerprint density at radius 3 is 1.23 bits per heavy atom. The maximum absolute atomic E-state index is 13.2. The summed E-state index contributed by atoms with van der Waals surface area (Å²) in [4.78, 5) is 13.2. The second kappa shape index (κ2) is 49.3. The number of nitrogens with one attached hydrogen (secondary N) is 1. The van der Waals surface area contributed by atoms with Gasteiger partial charge in [0.25, 0.3) is 0 Å². The number of allylic oxidation sites excluding steroid dienone is 2. The Morgan fingerprint density at radius 2 is 0.818 bits per heavy atom. The fraction of sp³-hybridized carbons (Fsp3) is 0.952. The molecular weight excluding hydrogens is 979 g/mol. The molecule has 2 aliphatic rings. The van der Waals surface area contributed by atoms with Gasteiger partial charge in [-0.1, -0.05) is 257 Å². The summed E-state index contributed by atoms with van der Waals surface area (Å²) in [6.07, 6.45) is 41.4. The molecule has 0 aliphatic carbocycles. The largest absolute Gasteiger partial charge is 0.394 e. The molecule has 2 fully saturated rings. The number of hydrogen-bond donors (Lipinski definition) is 9. The van der Waals surface area contributed by atoms with E-state index in [2.05, 4.69) is 31.3 Å². The average Bonchev–Trinajstić information content (AvgIpc) is 3.44. The lowest BCUT2D eigenvalue weighted by molar-refractivity contribution is -0.359. The van der Waals surface area contributed by atoms with Gasteiger partial charge in [-0.25, -0.2) is 0 Å². The number of amides is 1. The van der Waals surface area contributed by atoms with E-state index in [1.54, 1.807) is 0 Å². The summed E-state index contributed by atoms with van der Waals surface area (Å²) >= 11 is 0. The first-order chi connectivity index (χ1) is 37.6. The molecule has 9 N–H and O–H groups in total. The monoisotopic (exact) mass is 1100 g/mol. The van der Waals surface area contributed by atoms with E-state index in [0.29, 0.717) is 12.8 Å². The minimum atomic E-state index is -1.78. The number of carbonyl (C=O) groups excluding carboxylic acids is 1. The van der Waals surface area contributed by atoms with Crippen LogP contribution in [0.15, 0.2) is 12.2 Å². The van der Waals surface area contributed by atoms with Crippen molar-refractivity contribution in [3.63, 3.8) is 0 Å². The summed E-state index contributed by atoms with van der Waals surface area (Å²) in [5.41, 5.74) is 0. The van der Waals surface area contributed by atoms with E-state index >= 15 is 0 Å². The van der Waals surface area contributed by atoms with Crippen molar-refractivity contribution in [3.05, 3.63) is 12.2 Å². The van der Waals surface area contributed by atoms with Crippen LogP contribution in [0.2, 0.25) is 0 Å². The van der Waals surface area contributed by atoms with E-state index in [-0.39, 0.29) is 12.5 Å². The molecule has 2 heterocycles. The van der Waals surface area contributed by atoms with Crippen molar-refractivity contribution < 1.29 is 64.6 Å². The molecule has 2 aliphatic heterocycles. The predicted octanol–water partition coefficient (Wildman–Crippen LogP) is 11.8. The van der Waals surface area contributed by atoms with E-state index in [0.717, 1.165) is 51.4 Å². The molecular formula is C63H121NO13. The zero-order valence-corrected chi connectivity index (χ0v) is 49.2. The number of rotatable bonds is 53. The maximum Gasteiger partial charge on any atom is 0.220 e. The van der Waals surface area contributed by atoms with Crippen LogP contribution in [0.5, 0.6) is 0 Å². The summed E-state index contributed by atoms with van der Waals surface area (Å²) in [7, 11) is 0. The smallest absolute Gasteiger partial charge is 0.220 e. The van der Waals surface area contributed by atoms with Crippen LogP contribution in [0.4, 0.5) is 0 Å². The van der Waals surface area contributed by atoms with Crippen LogP contribution in [0.25, 0.3) is 0 Å². The standard InChI is InChI=1S/C63H121NO13/c1-3-5-7-9-11-13-14-15-16-17-18-19-20-21-22-23-24-25-26-27-28-29-30-31-32-33-34-35-36-37-38-39-41-43-45-47-55(68)64-51(52(67)46-44-42-40-12-10-8-6-4-2)50-74-62-60(73)58(71)61(54(49-66)76-62)77-63-59(72)57(70)56(69)53(48-65)75-63/h17-18,51-54,56-63,65-67,69-73H,3-16,19-50H2,1-2H3,(H,64,68)/b18-17-. The number of aliphatic hydroxyl groups excluding tert-OH is 8. The lowest BCUT2D eigenvalue weighted by Crippen LogP contribution is -2.65. The van der Waals surface area contributed by atoms with Gasteiger partial charge in [0.2, 0.25) is 5.91 Å². The number of ether oxygens (including phenoxy) is 4. The minimum Gasteiger partial charge on any atom is -0.394 e. The van der Waals surface area contributed by atoms with E-state index in [1.807, 2.05) is 0 Å². The van der Waals surface area contributed by atoms with Crippen LogP contribution in [0.3, 0.4) is 0 Å². The summed E-state index contributed by atoms with van der Waals surface area (Å²) in [5, 5.41) is 86.9. The Labute approximate surface area is 469 Å². The highest BCUT2D eigenvalue weighted by Gasteiger charge is 2.51. The number of unbranched alkanes of at least 4 members (excludes halogenated alkanes) is 38. The molecule has 12 unspecified atom stereocenters. The third-order valence-electron chi connectivity index (χ3n) is 16.2. The molecule has 14 nitrogen and oxygen atoms in total. The molecule has 2 saturated heterocycles. The van der Waals surface area contributed by atoms with Gasteiger partial charge in [-0.3, -0.25) is 4.79 Å². The SMILES string of the molecule is CCCCCCCCCC/C=C\CCCCCCCCCCCCCCCCCCCCCCCCCC(=O)NC(COC1OC(CO)C(OC2OC(CO)C(O)C(O)C2O)C(O)C1O)C(O)CCCCCCCCCC. The molecule has 0 saturated carbocycles. The summed E-state index contributed by atoms with van der Waals surface area (Å²) in [5.74, 6) is -0.204. The fourth-order valence-electron chi connectivity index (χ4n) is 11.0. The van der Waals surface area contributed by atoms with Crippen molar-refractivity contribution in [2.75, 3.05) is 19.8 Å². The first kappa shape index (κ1) is 71.8. The van der Waals surface area contributed by atoms with Crippen LogP contribution in [0, 0.1) is 0 Å². The van der Waals surface area contributed by atoms with Gasteiger partial charge >= 0.3 is 0 Å². The topological polar surface area (TPSA) is 228 Å². The number of carbonyl (C=O) groups is 1. The van der Waals surface area contributed by atoms with Crippen molar-refractivity contribution in [1.29, 1.82) is 0 Å². The molecule has 0 aromatic carbocycles. The molecule has 456 valence electrons. The van der Waals surface area contributed by atoms with Crippen molar-refractivity contribution >= 4 is 5.91 Å². The van der Waals surface area contributed by atoms with Crippen LogP contribution in [0.1, 0.15) is 290 Å². The van der Waals surface area contributed by atoms with Gasteiger partial charge < -0.3 is 65.1 Å². The zero-order chi connectivity index (χ0) is 56.0. The minimum absolute atomic E-state index is 0.204. The molecule has 2 rings (SSSR count). The molecule has 0 aromatic heterocycles. The molecule has 77 heavy (non-hydrogen) atoms. The molecule has 1 amide bonds. The molecule has 14 heteroatoms. The molecule has 0 radical (unpaired) electrons. The third kappa shape index (κ3) is 34.7. The molecule has 0 bridgehead atoms. The molecule has 0 aromatic rings. The lowest BCUT2D eigenvalue weighted by Gasteiger charge is -2.46. The Bertz CT molecular complexity index is 1340. The summed E-state index contributed by atoms with van der Waals surface area (Å²) in [6, 6.07) is -0.822. The predicted molar refractivity (Wildman–Crippen MR) is 309 cm³/mol. The van der Waals surface area contributed by atoms with Crippen LogP contribution < -0.4 is 5.32 Å². The van der Waals surface area contributed by atoms with Crippen molar-refractivity contribution in [2.45, 2.75) is 364 Å². The normalized spacial score (nSPS) is 24.7. The molecule has 12 atom stereocenters. The lowest BCUT2D eigenvalue weighted by atomic mass is 9.97. The van der Waals surface area contributed by atoms with Crippen LogP contribution in [-0.2, 0) is 23.7 Å². The van der Waals surface area contributed by atoms with Gasteiger partial charge in [0, 0.05) is 6.42 Å². The van der Waals surface area contributed by atoms with Gasteiger partial charge in [-0.2, -0.15) is 0 Å². The number of hydrogen-bond acceptors (Lipinski definition) is 13. The summed E-state index contributed by atoms with van der Waals surface area (Å²) < 4.78 is 22.8. The molecule has 0 spiro atoms. The first-order valence-corrected chi connectivity index (χ1v) is 32.4. The van der Waals surface area contributed by atoms with Gasteiger partial charge in [-0.05, 0) is 38.5 Å². The van der Waals surface area contributed by atoms with Crippen molar-refractivity contribution in [3.8, 4) is 0 Å². The maximum atomic E-state index is 13.2. The van der Waals surface area contributed by atoms with Gasteiger partial charge in [-0.15, -0.1) is 0 Å². The van der Waals surface area contributed by atoms with Crippen LogP contribution >= 0.6 is 0 Å². The van der Waals surface area contributed by atoms with E-state index < -0.39 is 86.8 Å². The highest BCUT2D eigenvalue weighted by molar-refractivity contribution is 5.76. The Balaban J connectivity index is 1.53.